The molecule has 0 unspecified atom stereocenters. The second-order valence-electron chi connectivity index (χ2n) is 5.68. The lowest BCUT2D eigenvalue weighted by Crippen LogP contribution is -2.01. The van der Waals surface area contributed by atoms with Gasteiger partial charge in [-0.05, 0) is 42.7 Å². The highest BCUT2D eigenvalue weighted by Gasteiger charge is 2.30. The molecule has 1 aliphatic carbocycles. The zero-order chi connectivity index (χ0) is 16.5. The molecule has 7 heteroatoms. The molecule has 2 heterocycles. The van der Waals surface area contributed by atoms with Gasteiger partial charge in [0.15, 0.2) is 0 Å². The first-order valence-electron chi connectivity index (χ1n) is 7.66. The average molecular weight is 377 g/mol. The van der Waals surface area contributed by atoms with Gasteiger partial charge in [0.2, 0.25) is 5.16 Å². The fraction of sp³-hybridized carbons (Fsp3) is 0.235. The van der Waals surface area contributed by atoms with E-state index in [1.807, 2.05) is 35.0 Å². The summed E-state index contributed by atoms with van der Waals surface area (Å²) in [5.74, 6) is 2.27. The van der Waals surface area contributed by atoms with E-state index in [4.69, 9.17) is 28.2 Å². The van der Waals surface area contributed by atoms with Gasteiger partial charge in [-0.2, -0.15) is 0 Å². The van der Waals surface area contributed by atoms with Gasteiger partial charge in [0.05, 0.1) is 5.69 Å². The number of rotatable bonds is 5. The van der Waals surface area contributed by atoms with Gasteiger partial charge >= 0.3 is 0 Å². The summed E-state index contributed by atoms with van der Waals surface area (Å²) in [5.41, 5.74) is 2.06. The van der Waals surface area contributed by atoms with E-state index >= 15 is 0 Å². The van der Waals surface area contributed by atoms with Crippen LogP contribution < -0.4 is 0 Å². The van der Waals surface area contributed by atoms with Gasteiger partial charge in [-0.3, -0.25) is 0 Å². The largest absolute Gasteiger partial charge is 0.224 e. The van der Waals surface area contributed by atoms with Crippen molar-refractivity contribution >= 4 is 35.0 Å². The molecule has 3 aromatic rings. The Balaban J connectivity index is 1.58. The molecule has 1 aromatic carbocycles. The molecule has 4 rings (SSSR count). The average Bonchev–Trinajstić information content (AvgIpc) is 3.33. The summed E-state index contributed by atoms with van der Waals surface area (Å²) >= 11 is 13.5. The van der Waals surface area contributed by atoms with Crippen molar-refractivity contribution in [1.29, 1.82) is 0 Å². The lowest BCUT2D eigenvalue weighted by Gasteiger charge is -2.03. The second-order valence-corrected chi connectivity index (χ2v) is 7.40. The molecule has 0 amide bonds. The van der Waals surface area contributed by atoms with Crippen LogP contribution in [0, 0.1) is 0 Å². The molecule has 4 nitrogen and oxygen atoms in total. The Bertz CT molecular complexity index is 842. The maximum Gasteiger partial charge on any atom is 0.209 e. The first kappa shape index (κ1) is 15.9. The molecule has 1 fully saturated rings. The predicted octanol–water partition coefficient (Wildman–Crippen LogP) is 5.14. The minimum atomic E-state index is 0.402. The van der Waals surface area contributed by atoms with Gasteiger partial charge in [0, 0.05) is 11.7 Å². The van der Waals surface area contributed by atoms with E-state index in [-0.39, 0.29) is 0 Å². The van der Waals surface area contributed by atoms with Gasteiger partial charge in [-0.25, -0.2) is 14.6 Å². The predicted molar refractivity (Wildman–Crippen MR) is 97.2 cm³/mol. The summed E-state index contributed by atoms with van der Waals surface area (Å²) in [4.78, 5) is 8.71. The molecule has 0 N–H and O–H groups in total. The molecular formula is C17H14Cl2N4S. The van der Waals surface area contributed by atoms with E-state index in [1.165, 1.54) is 12.8 Å². The molecular weight excluding hydrogens is 363 g/mol. The van der Waals surface area contributed by atoms with Crippen LogP contribution in [0.1, 0.15) is 30.1 Å². The summed E-state index contributed by atoms with van der Waals surface area (Å²) in [6.45, 7) is 0. The number of pyridine rings is 1. The minimum absolute atomic E-state index is 0.402. The van der Waals surface area contributed by atoms with Crippen molar-refractivity contribution in [3.8, 4) is 5.69 Å². The number of aromatic nitrogens is 4. The molecule has 0 bridgehead atoms. The van der Waals surface area contributed by atoms with E-state index < -0.39 is 0 Å². The van der Waals surface area contributed by atoms with Crippen molar-refractivity contribution in [2.45, 2.75) is 29.7 Å². The Morgan fingerprint density at radius 3 is 2.42 bits per heavy atom. The number of hydrogen-bond donors (Lipinski definition) is 0. The number of nitrogens with zero attached hydrogens (tertiary/aromatic N) is 4. The van der Waals surface area contributed by atoms with Crippen LogP contribution in [0.2, 0.25) is 10.3 Å². The quantitative estimate of drug-likeness (QED) is 0.456. The third-order valence-corrected chi connectivity index (χ3v) is 5.04. The molecule has 0 radical (unpaired) electrons. The fourth-order valence-corrected chi connectivity index (χ4v) is 3.74. The summed E-state index contributed by atoms with van der Waals surface area (Å²) in [6, 6.07) is 13.8. The molecule has 1 aliphatic rings. The zero-order valence-corrected chi connectivity index (χ0v) is 15.0. The lowest BCUT2D eigenvalue weighted by molar-refractivity contribution is 0.782. The van der Waals surface area contributed by atoms with Crippen LogP contribution in [0.15, 0.2) is 47.6 Å². The molecule has 0 spiro atoms. The molecule has 122 valence electrons. The Labute approximate surface area is 154 Å². The van der Waals surface area contributed by atoms with Crippen LogP contribution in [-0.2, 0) is 5.75 Å². The number of benzene rings is 1. The van der Waals surface area contributed by atoms with Crippen LogP contribution >= 0.6 is 35.0 Å². The van der Waals surface area contributed by atoms with Crippen molar-refractivity contribution in [2.75, 3.05) is 0 Å². The van der Waals surface area contributed by atoms with Crippen LogP contribution in [-0.4, -0.2) is 19.7 Å². The maximum atomic E-state index is 5.95. The Morgan fingerprint density at radius 2 is 1.75 bits per heavy atom. The molecule has 0 atom stereocenters. The van der Waals surface area contributed by atoms with E-state index in [0.717, 1.165) is 22.2 Å². The van der Waals surface area contributed by atoms with Gasteiger partial charge in [0.25, 0.3) is 0 Å². The smallest absolute Gasteiger partial charge is 0.209 e. The standard InChI is InChI=1S/C17H14Cl2N4S/c18-14-8-11(9-15(19)20-14)10-24-17-21-16(12-6-7-12)23(22-17)13-4-2-1-3-5-13/h1-5,8-9,12H,6-7,10H2. The van der Waals surface area contributed by atoms with Crippen molar-refractivity contribution < 1.29 is 0 Å². The second kappa shape index (κ2) is 6.75. The monoisotopic (exact) mass is 376 g/mol. The van der Waals surface area contributed by atoms with Gasteiger partial charge in [-0.15, -0.1) is 5.10 Å². The molecule has 24 heavy (non-hydrogen) atoms. The Morgan fingerprint density at radius 1 is 1.04 bits per heavy atom. The van der Waals surface area contributed by atoms with Gasteiger partial charge in [-0.1, -0.05) is 53.2 Å². The highest BCUT2D eigenvalue weighted by atomic mass is 35.5. The number of thioether (sulfide) groups is 1. The highest BCUT2D eigenvalue weighted by molar-refractivity contribution is 7.98. The number of hydrogen-bond acceptors (Lipinski definition) is 4. The van der Waals surface area contributed by atoms with Crippen molar-refractivity contribution in [3.63, 3.8) is 0 Å². The Kier molecular flexibility index (Phi) is 4.48. The molecule has 2 aromatic heterocycles. The van der Waals surface area contributed by atoms with Crippen LogP contribution in [0.5, 0.6) is 0 Å². The van der Waals surface area contributed by atoms with Crippen molar-refractivity contribution in [3.05, 3.63) is 64.2 Å². The molecule has 0 saturated heterocycles. The van der Waals surface area contributed by atoms with E-state index in [9.17, 15) is 0 Å². The summed E-state index contributed by atoms with van der Waals surface area (Å²) < 4.78 is 1.96. The molecule has 1 saturated carbocycles. The summed E-state index contributed by atoms with van der Waals surface area (Å²) in [6.07, 6.45) is 2.37. The van der Waals surface area contributed by atoms with Crippen LogP contribution in [0.25, 0.3) is 5.69 Å². The third kappa shape index (κ3) is 3.58. The van der Waals surface area contributed by atoms with Crippen molar-refractivity contribution in [1.82, 2.24) is 19.7 Å². The fourth-order valence-electron chi connectivity index (χ4n) is 2.48. The van der Waals surface area contributed by atoms with Crippen molar-refractivity contribution in [2.24, 2.45) is 0 Å². The Hall–Kier alpha value is -1.56. The number of halogens is 2. The topological polar surface area (TPSA) is 43.6 Å². The lowest BCUT2D eigenvalue weighted by atomic mass is 10.3. The van der Waals surface area contributed by atoms with E-state index in [1.54, 1.807) is 11.8 Å². The van der Waals surface area contributed by atoms with Crippen LogP contribution in [0.4, 0.5) is 0 Å². The summed E-state index contributed by atoms with van der Waals surface area (Å²) in [5, 5.41) is 6.26. The first-order valence-corrected chi connectivity index (χ1v) is 9.40. The normalized spacial score (nSPS) is 14.1. The van der Waals surface area contributed by atoms with Gasteiger partial charge < -0.3 is 0 Å². The van der Waals surface area contributed by atoms with Crippen LogP contribution in [0.3, 0.4) is 0 Å². The number of para-hydroxylation sites is 1. The SMILES string of the molecule is Clc1cc(CSc2nc(C3CC3)n(-c3ccccc3)n2)cc(Cl)n1. The highest BCUT2D eigenvalue weighted by Crippen LogP contribution is 2.40. The third-order valence-electron chi connectivity index (χ3n) is 3.75. The van der Waals surface area contributed by atoms with E-state index in [2.05, 4.69) is 22.2 Å². The first-order chi connectivity index (χ1) is 11.7. The zero-order valence-electron chi connectivity index (χ0n) is 12.7. The maximum absolute atomic E-state index is 5.95. The molecule has 0 aliphatic heterocycles. The summed E-state index contributed by atoms with van der Waals surface area (Å²) in [7, 11) is 0. The van der Waals surface area contributed by atoms with Gasteiger partial charge in [0.1, 0.15) is 16.1 Å². The minimum Gasteiger partial charge on any atom is -0.224 e. The van der Waals surface area contributed by atoms with E-state index in [0.29, 0.717) is 22.0 Å².